The van der Waals surface area contributed by atoms with Gasteiger partial charge in [0.2, 0.25) is 0 Å². The van der Waals surface area contributed by atoms with Crippen molar-refractivity contribution in [2.24, 2.45) is 0 Å². The lowest BCUT2D eigenvalue weighted by atomic mass is 9.93. The number of carboxylic acids is 1. The molecular weight excluding hydrogens is 406 g/mol. The number of hydrogen-bond acceptors (Lipinski definition) is 3. The van der Waals surface area contributed by atoms with E-state index >= 15 is 0 Å². The molecule has 0 spiro atoms. The van der Waals surface area contributed by atoms with Gasteiger partial charge in [-0.1, -0.05) is 72.8 Å². The van der Waals surface area contributed by atoms with Crippen molar-refractivity contribution in [1.29, 1.82) is 0 Å². The predicted molar refractivity (Wildman–Crippen MR) is 125 cm³/mol. The minimum absolute atomic E-state index is 0.246. The molecule has 154 valence electrons. The standard InChI is InChI=1S/C26H21NO3S/c28-23-16-20(15-19-11-6-10-17-7-4-5-12-21(17)19)24(18-8-2-1-3-9-18)25-27(23)22(26(29)30)13-14-31-25/h1-12,16,22H,13-15H2,(H,29,30). The van der Waals surface area contributed by atoms with Crippen molar-refractivity contribution in [1.82, 2.24) is 4.57 Å². The highest BCUT2D eigenvalue weighted by Gasteiger charge is 2.30. The normalized spacial score (nSPS) is 15.5. The molecular formula is C26H21NO3S. The van der Waals surface area contributed by atoms with Gasteiger partial charge in [-0.2, -0.15) is 0 Å². The Labute approximate surface area is 184 Å². The second-order valence-electron chi connectivity index (χ2n) is 7.73. The molecule has 0 bridgehead atoms. The summed E-state index contributed by atoms with van der Waals surface area (Å²) < 4.78 is 1.48. The number of pyridine rings is 1. The smallest absolute Gasteiger partial charge is 0.326 e. The molecule has 0 saturated carbocycles. The van der Waals surface area contributed by atoms with E-state index < -0.39 is 12.0 Å². The number of carbonyl (C=O) groups is 1. The molecule has 1 N–H and O–H groups in total. The number of benzene rings is 3. The highest BCUT2D eigenvalue weighted by atomic mass is 32.2. The van der Waals surface area contributed by atoms with Crippen molar-refractivity contribution in [3.8, 4) is 11.1 Å². The van der Waals surface area contributed by atoms with Crippen LogP contribution in [-0.4, -0.2) is 21.4 Å². The summed E-state index contributed by atoms with van der Waals surface area (Å²) in [5.41, 5.74) is 3.79. The average molecular weight is 428 g/mol. The third kappa shape index (κ3) is 3.55. The lowest BCUT2D eigenvalue weighted by Gasteiger charge is -2.28. The van der Waals surface area contributed by atoms with Crippen molar-refractivity contribution in [2.45, 2.75) is 23.9 Å². The quantitative estimate of drug-likeness (QED) is 0.475. The maximum Gasteiger partial charge on any atom is 0.326 e. The number of fused-ring (bicyclic) bond motifs is 2. The number of thioether (sulfide) groups is 1. The molecule has 4 nitrogen and oxygen atoms in total. The van der Waals surface area contributed by atoms with Gasteiger partial charge < -0.3 is 5.11 Å². The number of rotatable bonds is 4. The number of carboxylic acid groups (broad SMARTS) is 1. The third-order valence-electron chi connectivity index (χ3n) is 5.84. The van der Waals surface area contributed by atoms with Crippen molar-refractivity contribution in [2.75, 3.05) is 5.75 Å². The van der Waals surface area contributed by atoms with Crippen LogP contribution in [0.25, 0.3) is 21.9 Å². The topological polar surface area (TPSA) is 59.3 Å². The fourth-order valence-corrected chi connectivity index (χ4v) is 5.70. The summed E-state index contributed by atoms with van der Waals surface area (Å²) in [6.07, 6.45) is 1.05. The Morgan fingerprint density at radius 3 is 2.52 bits per heavy atom. The van der Waals surface area contributed by atoms with Crippen LogP contribution in [0.3, 0.4) is 0 Å². The van der Waals surface area contributed by atoms with E-state index in [1.807, 2.05) is 48.5 Å². The molecule has 2 heterocycles. The molecule has 0 amide bonds. The van der Waals surface area contributed by atoms with Crippen LogP contribution in [-0.2, 0) is 11.2 Å². The van der Waals surface area contributed by atoms with E-state index in [1.54, 1.807) is 17.8 Å². The first kappa shape index (κ1) is 19.6. The first-order valence-electron chi connectivity index (χ1n) is 10.3. The van der Waals surface area contributed by atoms with E-state index in [1.165, 1.54) is 4.57 Å². The Morgan fingerprint density at radius 2 is 1.71 bits per heavy atom. The van der Waals surface area contributed by atoms with Crippen LogP contribution < -0.4 is 5.56 Å². The molecule has 5 heteroatoms. The maximum atomic E-state index is 13.1. The van der Waals surface area contributed by atoms with Gasteiger partial charge in [0.25, 0.3) is 5.56 Å². The number of hydrogen-bond donors (Lipinski definition) is 1. The first-order valence-corrected chi connectivity index (χ1v) is 11.3. The van der Waals surface area contributed by atoms with Gasteiger partial charge in [-0.3, -0.25) is 9.36 Å². The predicted octanol–water partition coefficient (Wildman–Crippen LogP) is 5.38. The molecule has 1 aliphatic heterocycles. The molecule has 0 saturated heterocycles. The molecule has 0 fully saturated rings. The van der Waals surface area contributed by atoms with Gasteiger partial charge in [0.1, 0.15) is 6.04 Å². The zero-order valence-corrected chi connectivity index (χ0v) is 17.6. The van der Waals surface area contributed by atoms with Gasteiger partial charge in [-0.15, -0.1) is 11.8 Å². The van der Waals surface area contributed by atoms with Crippen LogP contribution in [0.2, 0.25) is 0 Å². The molecule has 3 aromatic carbocycles. The Morgan fingerprint density at radius 1 is 0.968 bits per heavy atom. The summed E-state index contributed by atoms with van der Waals surface area (Å²) in [7, 11) is 0. The van der Waals surface area contributed by atoms with Gasteiger partial charge in [-0.05, 0) is 40.3 Å². The monoisotopic (exact) mass is 427 g/mol. The second kappa shape index (κ2) is 8.08. The van der Waals surface area contributed by atoms with Gasteiger partial charge >= 0.3 is 5.97 Å². The van der Waals surface area contributed by atoms with Gasteiger partial charge in [0.15, 0.2) is 0 Å². The number of nitrogens with zero attached hydrogens (tertiary/aromatic N) is 1. The number of aliphatic carboxylic acids is 1. The summed E-state index contributed by atoms with van der Waals surface area (Å²) >= 11 is 1.57. The van der Waals surface area contributed by atoms with E-state index in [4.69, 9.17) is 0 Å². The highest BCUT2D eigenvalue weighted by Crippen LogP contribution is 2.40. The van der Waals surface area contributed by atoms with Gasteiger partial charge in [0, 0.05) is 17.4 Å². The molecule has 1 aromatic heterocycles. The zero-order chi connectivity index (χ0) is 21.4. The van der Waals surface area contributed by atoms with E-state index in [0.717, 1.165) is 38.1 Å². The van der Waals surface area contributed by atoms with Crippen molar-refractivity contribution in [3.63, 3.8) is 0 Å². The maximum absolute atomic E-state index is 13.1. The van der Waals surface area contributed by atoms with Crippen LogP contribution >= 0.6 is 11.8 Å². The van der Waals surface area contributed by atoms with Crippen LogP contribution in [0.15, 0.2) is 88.7 Å². The lowest BCUT2D eigenvalue weighted by molar-refractivity contribution is -0.141. The van der Waals surface area contributed by atoms with E-state index in [-0.39, 0.29) is 5.56 Å². The van der Waals surface area contributed by atoms with Gasteiger partial charge in [-0.25, -0.2) is 4.79 Å². The summed E-state index contributed by atoms with van der Waals surface area (Å²) in [5.74, 6) is -0.280. The van der Waals surface area contributed by atoms with Gasteiger partial charge in [0.05, 0.1) is 5.03 Å². The zero-order valence-electron chi connectivity index (χ0n) is 16.8. The average Bonchev–Trinajstić information content (AvgIpc) is 2.79. The van der Waals surface area contributed by atoms with E-state index in [2.05, 4.69) is 24.3 Å². The molecule has 1 aliphatic rings. The Kier molecular flexibility index (Phi) is 5.12. The minimum Gasteiger partial charge on any atom is -0.480 e. The Balaban J connectivity index is 1.75. The SMILES string of the molecule is O=C(O)C1CCSc2c(-c3ccccc3)c(Cc3cccc4ccccc34)cc(=O)n21. The van der Waals surface area contributed by atoms with Crippen LogP contribution in [0, 0.1) is 0 Å². The minimum atomic E-state index is -0.954. The number of aromatic nitrogens is 1. The molecule has 4 aromatic rings. The van der Waals surface area contributed by atoms with Crippen molar-refractivity contribution >= 4 is 28.5 Å². The van der Waals surface area contributed by atoms with Crippen LogP contribution in [0.5, 0.6) is 0 Å². The van der Waals surface area contributed by atoms with Crippen molar-refractivity contribution in [3.05, 3.63) is 100 Å². The summed E-state index contributed by atoms with van der Waals surface area (Å²) in [5, 5.41) is 12.8. The van der Waals surface area contributed by atoms with E-state index in [0.29, 0.717) is 18.6 Å². The Hall–Kier alpha value is -3.31. The van der Waals surface area contributed by atoms with E-state index in [9.17, 15) is 14.7 Å². The van der Waals surface area contributed by atoms with Crippen LogP contribution in [0.1, 0.15) is 23.6 Å². The largest absolute Gasteiger partial charge is 0.480 e. The lowest BCUT2D eigenvalue weighted by Crippen LogP contribution is -2.34. The fourth-order valence-electron chi connectivity index (χ4n) is 4.42. The van der Waals surface area contributed by atoms with Crippen LogP contribution in [0.4, 0.5) is 0 Å². The molecule has 31 heavy (non-hydrogen) atoms. The first-order chi connectivity index (χ1) is 15.1. The second-order valence-corrected chi connectivity index (χ2v) is 8.81. The summed E-state index contributed by atoms with van der Waals surface area (Å²) in [4.78, 5) is 25.0. The third-order valence-corrected chi connectivity index (χ3v) is 6.95. The highest BCUT2D eigenvalue weighted by molar-refractivity contribution is 7.99. The summed E-state index contributed by atoms with van der Waals surface area (Å²) in [6, 6.07) is 25.2. The molecule has 0 aliphatic carbocycles. The summed E-state index contributed by atoms with van der Waals surface area (Å²) in [6.45, 7) is 0. The fraction of sp³-hybridized carbons (Fsp3) is 0.154. The van der Waals surface area contributed by atoms with Crippen molar-refractivity contribution < 1.29 is 9.90 Å². The molecule has 1 unspecified atom stereocenters. The molecule has 1 atom stereocenters. The molecule has 0 radical (unpaired) electrons. The molecule has 5 rings (SSSR count). The Bertz CT molecular complexity index is 1340.